The van der Waals surface area contributed by atoms with Crippen LogP contribution < -0.4 is 11.1 Å². The summed E-state index contributed by atoms with van der Waals surface area (Å²) in [6.07, 6.45) is 3.65. The molecule has 98 valence electrons. The highest BCUT2D eigenvalue weighted by atomic mass is 127. The van der Waals surface area contributed by atoms with Gasteiger partial charge in [0.2, 0.25) is 0 Å². The van der Waals surface area contributed by atoms with E-state index in [0.29, 0.717) is 5.96 Å². The highest BCUT2D eigenvalue weighted by Gasteiger charge is 2.09. The molecule has 0 unspecified atom stereocenters. The first-order valence-electron chi connectivity index (χ1n) is 5.89. The fourth-order valence-corrected chi connectivity index (χ4v) is 1.29. The van der Waals surface area contributed by atoms with Gasteiger partial charge in [0.25, 0.3) is 0 Å². The Bertz CT molecular complexity index is 195. The molecule has 0 heterocycles. The van der Waals surface area contributed by atoms with Gasteiger partial charge in [-0.15, -0.1) is 24.0 Å². The fourth-order valence-electron chi connectivity index (χ4n) is 1.29. The number of hydrogen-bond donors (Lipinski definition) is 2. The van der Waals surface area contributed by atoms with Crippen LogP contribution in [0.5, 0.6) is 0 Å². The molecule has 3 nitrogen and oxygen atoms in total. The molecule has 0 aromatic heterocycles. The zero-order valence-electron chi connectivity index (χ0n) is 11.3. The van der Waals surface area contributed by atoms with Crippen molar-refractivity contribution in [3.63, 3.8) is 0 Å². The number of unbranched alkanes of at least 4 members (excludes halogenated alkanes) is 1. The van der Waals surface area contributed by atoms with Gasteiger partial charge in [0.1, 0.15) is 0 Å². The minimum absolute atomic E-state index is 0. The Labute approximate surface area is 118 Å². The van der Waals surface area contributed by atoms with Gasteiger partial charge in [-0.3, -0.25) is 4.99 Å². The third-order valence-electron chi connectivity index (χ3n) is 1.97. The molecule has 0 bridgehead atoms. The van der Waals surface area contributed by atoms with Gasteiger partial charge >= 0.3 is 0 Å². The molecule has 0 aliphatic carbocycles. The Kier molecular flexibility index (Phi) is 10.4. The van der Waals surface area contributed by atoms with Crippen molar-refractivity contribution < 1.29 is 0 Å². The summed E-state index contributed by atoms with van der Waals surface area (Å²) >= 11 is 0. The molecule has 4 heteroatoms. The van der Waals surface area contributed by atoms with Crippen molar-refractivity contribution in [2.75, 3.05) is 6.54 Å². The number of rotatable bonds is 5. The minimum atomic E-state index is 0. The summed E-state index contributed by atoms with van der Waals surface area (Å²) in [5.41, 5.74) is 5.75. The largest absolute Gasteiger partial charge is 0.370 e. The van der Waals surface area contributed by atoms with Gasteiger partial charge in [-0.25, -0.2) is 0 Å². The van der Waals surface area contributed by atoms with Crippen molar-refractivity contribution in [3.8, 4) is 0 Å². The Hall–Kier alpha value is 0. The Balaban J connectivity index is 0. The van der Waals surface area contributed by atoms with Crippen LogP contribution in [0.4, 0.5) is 0 Å². The highest BCUT2D eigenvalue weighted by molar-refractivity contribution is 14.0. The van der Waals surface area contributed by atoms with E-state index in [0.717, 1.165) is 18.9 Å². The summed E-state index contributed by atoms with van der Waals surface area (Å²) in [4.78, 5) is 4.29. The average molecular weight is 341 g/mol. The first-order chi connectivity index (χ1) is 6.81. The SMILES string of the molecule is CC(C)CCCCN=C(N)NC(C)(C)C.I. The standard InChI is InChI=1S/C12H27N3.HI/c1-10(2)8-6-7-9-14-11(13)15-12(3,4)5;/h10H,6-9H2,1-5H3,(H3,13,14,15);1H. The monoisotopic (exact) mass is 341 g/mol. The van der Waals surface area contributed by atoms with Gasteiger partial charge in [-0.2, -0.15) is 0 Å². The van der Waals surface area contributed by atoms with Crippen LogP contribution in [-0.4, -0.2) is 18.0 Å². The van der Waals surface area contributed by atoms with Crippen molar-refractivity contribution in [1.29, 1.82) is 0 Å². The third-order valence-corrected chi connectivity index (χ3v) is 1.97. The van der Waals surface area contributed by atoms with Crippen molar-refractivity contribution >= 4 is 29.9 Å². The smallest absolute Gasteiger partial charge is 0.188 e. The molecule has 0 saturated heterocycles. The number of nitrogens with zero attached hydrogens (tertiary/aromatic N) is 1. The third kappa shape index (κ3) is 14.0. The van der Waals surface area contributed by atoms with Gasteiger partial charge in [0.15, 0.2) is 5.96 Å². The number of nitrogens with one attached hydrogen (secondary N) is 1. The lowest BCUT2D eigenvalue weighted by atomic mass is 10.1. The van der Waals surface area contributed by atoms with Gasteiger partial charge < -0.3 is 11.1 Å². The van der Waals surface area contributed by atoms with E-state index in [9.17, 15) is 0 Å². The maximum absolute atomic E-state index is 5.74. The number of nitrogens with two attached hydrogens (primary N) is 1. The summed E-state index contributed by atoms with van der Waals surface area (Å²) < 4.78 is 0. The Morgan fingerprint density at radius 2 is 1.81 bits per heavy atom. The summed E-state index contributed by atoms with van der Waals surface area (Å²) in [7, 11) is 0. The normalized spacial score (nSPS) is 12.5. The molecule has 0 aromatic rings. The van der Waals surface area contributed by atoms with Gasteiger partial charge in [-0.05, 0) is 33.1 Å². The summed E-state index contributed by atoms with van der Waals surface area (Å²) in [5, 5.41) is 3.15. The molecule has 0 spiro atoms. The lowest BCUT2D eigenvalue weighted by Crippen LogP contribution is -2.45. The second-order valence-electron chi connectivity index (χ2n) is 5.53. The van der Waals surface area contributed by atoms with E-state index >= 15 is 0 Å². The molecular formula is C12H28IN3. The number of halogens is 1. The van der Waals surface area contributed by atoms with Crippen LogP contribution in [0, 0.1) is 5.92 Å². The Morgan fingerprint density at radius 3 is 2.25 bits per heavy atom. The van der Waals surface area contributed by atoms with Crippen molar-refractivity contribution in [1.82, 2.24) is 5.32 Å². The van der Waals surface area contributed by atoms with Crippen LogP contribution >= 0.6 is 24.0 Å². The summed E-state index contributed by atoms with van der Waals surface area (Å²) in [6, 6.07) is 0. The molecule has 3 N–H and O–H groups in total. The summed E-state index contributed by atoms with van der Waals surface area (Å²) in [5.74, 6) is 1.35. The molecule has 0 amide bonds. The van der Waals surface area contributed by atoms with E-state index in [-0.39, 0.29) is 29.5 Å². The number of guanidine groups is 1. The van der Waals surface area contributed by atoms with Crippen LogP contribution in [0.1, 0.15) is 53.9 Å². The zero-order valence-corrected chi connectivity index (χ0v) is 13.7. The van der Waals surface area contributed by atoms with E-state index in [1.807, 2.05) is 0 Å². The quantitative estimate of drug-likeness (QED) is 0.349. The maximum Gasteiger partial charge on any atom is 0.188 e. The maximum atomic E-state index is 5.74. The molecule has 0 saturated carbocycles. The first kappa shape index (κ1) is 18.4. The lowest BCUT2D eigenvalue weighted by Gasteiger charge is -2.20. The fraction of sp³-hybridized carbons (Fsp3) is 0.917. The molecule has 0 radical (unpaired) electrons. The molecule has 16 heavy (non-hydrogen) atoms. The first-order valence-corrected chi connectivity index (χ1v) is 5.89. The van der Waals surface area contributed by atoms with E-state index < -0.39 is 0 Å². The summed E-state index contributed by atoms with van der Waals surface area (Å²) in [6.45, 7) is 11.6. The van der Waals surface area contributed by atoms with Crippen LogP contribution in [0.15, 0.2) is 4.99 Å². The second kappa shape index (κ2) is 9.07. The highest BCUT2D eigenvalue weighted by Crippen LogP contribution is 2.05. The van der Waals surface area contributed by atoms with Gasteiger partial charge in [0, 0.05) is 12.1 Å². The molecule has 0 aromatic carbocycles. The van der Waals surface area contributed by atoms with E-state index in [2.05, 4.69) is 44.9 Å². The molecule has 0 fully saturated rings. The Morgan fingerprint density at radius 1 is 1.25 bits per heavy atom. The van der Waals surface area contributed by atoms with E-state index in [1.54, 1.807) is 0 Å². The van der Waals surface area contributed by atoms with Crippen LogP contribution in [0.2, 0.25) is 0 Å². The minimum Gasteiger partial charge on any atom is -0.370 e. The van der Waals surface area contributed by atoms with E-state index in [1.165, 1.54) is 12.8 Å². The molecule has 0 rings (SSSR count). The van der Waals surface area contributed by atoms with Crippen molar-refractivity contribution in [3.05, 3.63) is 0 Å². The molecule has 0 atom stereocenters. The molecular weight excluding hydrogens is 313 g/mol. The zero-order chi connectivity index (χ0) is 11.9. The van der Waals surface area contributed by atoms with Crippen LogP contribution in [0.25, 0.3) is 0 Å². The number of hydrogen-bond acceptors (Lipinski definition) is 1. The number of aliphatic imine (C=N–C) groups is 1. The predicted molar refractivity (Wildman–Crippen MR) is 83.5 cm³/mol. The second-order valence-corrected chi connectivity index (χ2v) is 5.53. The molecule has 0 aliphatic rings. The average Bonchev–Trinajstić information content (AvgIpc) is 1.99. The van der Waals surface area contributed by atoms with Crippen LogP contribution in [-0.2, 0) is 0 Å². The molecule has 0 aliphatic heterocycles. The van der Waals surface area contributed by atoms with Crippen molar-refractivity contribution in [2.24, 2.45) is 16.6 Å². The van der Waals surface area contributed by atoms with Crippen molar-refractivity contribution in [2.45, 2.75) is 59.4 Å². The van der Waals surface area contributed by atoms with Crippen LogP contribution in [0.3, 0.4) is 0 Å². The van der Waals surface area contributed by atoms with Gasteiger partial charge in [0.05, 0.1) is 0 Å². The predicted octanol–water partition coefficient (Wildman–Crippen LogP) is 3.13. The van der Waals surface area contributed by atoms with E-state index in [4.69, 9.17) is 5.73 Å². The lowest BCUT2D eigenvalue weighted by molar-refractivity contribution is 0.506. The topological polar surface area (TPSA) is 50.4 Å². The van der Waals surface area contributed by atoms with Gasteiger partial charge in [-0.1, -0.05) is 26.7 Å².